The molecule has 0 radical (unpaired) electrons. The predicted molar refractivity (Wildman–Crippen MR) is 93.6 cm³/mol. The van der Waals surface area contributed by atoms with Crippen molar-refractivity contribution in [3.8, 4) is 0 Å². The number of aromatic nitrogens is 1. The minimum atomic E-state index is -3.77. The fourth-order valence-electron chi connectivity index (χ4n) is 2.97. The van der Waals surface area contributed by atoms with E-state index >= 15 is 0 Å². The molecule has 0 saturated heterocycles. The number of H-pyrrole nitrogens is 1. The SMILES string of the molecule is NS(=O)(=O)c1ccc2[nH]cc(C=C3c4ccccc4NC3O)c2c1. The Balaban J connectivity index is 1.89. The van der Waals surface area contributed by atoms with Crippen molar-refractivity contribution in [1.82, 2.24) is 4.98 Å². The number of aliphatic hydroxyl groups excluding tert-OH is 1. The predicted octanol–water partition coefficient (Wildman–Crippen LogP) is 2.10. The Labute approximate surface area is 138 Å². The number of aromatic amines is 1. The van der Waals surface area contributed by atoms with E-state index in [1.165, 1.54) is 12.1 Å². The Morgan fingerprint density at radius 2 is 1.96 bits per heavy atom. The van der Waals surface area contributed by atoms with Crippen molar-refractivity contribution in [2.75, 3.05) is 5.32 Å². The van der Waals surface area contributed by atoms with Crippen LogP contribution >= 0.6 is 0 Å². The van der Waals surface area contributed by atoms with Gasteiger partial charge in [0, 0.05) is 39.5 Å². The lowest BCUT2D eigenvalue weighted by Crippen LogP contribution is -2.12. The van der Waals surface area contributed by atoms with Gasteiger partial charge in [0.25, 0.3) is 0 Å². The summed E-state index contributed by atoms with van der Waals surface area (Å²) in [7, 11) is -3.77. The molecule has 1 aliphatic rings. The molecule has 2 heterocycles. The zero-order valence-corrected chi connectivity index (χ0v) is 13.3. The van der Waals surface area contributed by atoms with Crippen molar-refractivity contribution < 1.29 is 13.5 Å². The van der Waals surface area contributed by atoms with Gasteiger partial charge in [-0.05, 0) is 30.3 Å². The number of primary sulfonamides is 1. The number of nitrogens with two attached hydrogens (primary N) is 1. The van der Waals surface area contributed by atoms with E-state index in [0.717, 1.165) is 33.3 Å². The molecule has 1 atom stereocenters. The maximum Gasteiger partial charge on any atom is 0.238 e. The number of aliphatic hydroxyl groups is 1. The fraction of sp³-hybridized carbons (Fsp3) is 0.0588. The Morgan fingerprint density at radius 3 is 2.75 bits per heavy atom. The van der Waals surface area contributed by atoms with Gasteiger partial charge in [-0.2, -0.15) is 0 Å². The number of fused-ring (bicyclic) bond motifs is 2. The molecule has 5 N–H and O–H groups in total. The third-order valence-electron chi connectivity index (χ3n) is 4.15. The lowest BCUT2D eigenvalue weighted by Gasteiger charge is -2.05. The van der Waals surface area contributed by atoms with Gasteiger partial charge in [-0.15, -0.1) is 0 Å². The summed E-state index contributed by atoms with van der Waals surface area (Å²) >= 11 is 0. The van der Waals surface area contributed by atoms with Gasteiger partial charge >= 0.3 is 0 Å². The number of anilines is 1. The normalized spacial score (nSPS) is 18.8. The second kappa shape index (κ2) is 5.20. The highest BCUT2D eigenvalue weighted by Gasteiger charge is 2.24. The summed E-state index contributed by atoms with van der Waals surface area (Å²) < 4.78 is 23.1. The standard InChI is InChI=1S/C17H15N3O3S/c18-24(22,23)11-5-6-15-13(8-11)10(9-19-15)7-14-12-3-1-2-4-16(12)20-17(14)21/h1-9,17,19-21H,(H2,18,22,23). The van der Waals surface area contributed by atoms with Crippen LogP contribution in [0.3, 0.4) is 0 Å². The van der Waals surface area contributed by atoms with Crippen LogP contribution in [0.1, 0.15) is 11.1 Å². The summed E-state index contributed by atoms with van der Waals surface area (Å²) in [5, 5.41) is 19.2. The number of rotatable bonds is 2. The number of para-hydroxylation sites is 1. The molecule has 0 aliphatic carbocycles. The van der Waals surface area contributed by atoms with E-state index in [1.807, 2.05) is 30.3 Å². The van der Waals surface area contributed by atoms with Crippen molar-refractivity contribution in [2.45, 2.75) is 11.1 Å². The minimum absolute atomic E-state index is 0.0553. The second-order valence-corrected chi connectivity index (χ2v) is 7.25. The van der Waals surface area contributed by atoms with Gasteiger partial charge in [-0.3, -0.25) is 0 Å². The van der Waals surface area contributed by atoms with Crippen molar-refractivity contribution in [2.24, 2.45) is 5.14 Å². The number of hydrogen-bond acceptors (Lipinski definition) is 4. The molecule has 24 heavy (non-hydrogen) atoms. The van der Waals surface area contributed by atoms with Crippen LogP contribution in [0, 0.1) is 0 Å². The molecule has 2 aromatic carbocycles. The molecule has 0 spiro atoms. The van der Waals surface area contributed by atoms with E-state index in [-0.39, 0.29) is 4.90 Å². The van der Waals surface area contributed by atoms with Crippen LogP contribution in [-0.2, 0) is 10.0 Å². The summed E-state index contributed by atoms with van der Waals surface area (Å²) in [6.07, 6.45) is 2.81. The molecule has 0 saturated carbocycles. The highest BCUT2D eigenvalue weighted by atomic mass is 32.2. The first-order valence-corrected chi connectivity index (χ1v) is 8.88. The van der Waals surface area contributed by atoms with E-state index in [4.69, 9.17) is 5.14 Å². The molecule has 1 unspecified atom stereocenters. The summed E-state index contributed by atoms with van der Waals surface area (Å²) in [6, 6.07) is 12.3. The molecule has 0 bridgehead atoms. The Hall–Kier alpha value is -2.61. The van der Waals surface area contributed by atoms with Crippen LogP contribution in [-0.4, -0.2) is 24.7 Å². The van der Waals surface area contributed by atoms with Crippen molar-refractivity contribution in [3.05, 3.63) is 59.8 Å². The number of nitrogens with one attached hydrogen (secondary N) is 2. The van der Waals surface area contributed by atoms with Crippen LogP contribution in [0.25, 0.3) is 22.6 Å². The summed E-state index contributed by atoms with van der Waals surface area (Å²) in [5.41, 5.74) is 4.09. The largest absolute Gasteiger partial charge is 0.369 e. The average Bonchev–Trinajstić information content (AvgIpc) is 3.08. The molecule has 0 amide bonds. The molecule has 1 aromatic heterocycles. The first-order valence-electron chi connectivity index (χ1n) is 7.33. The Morgan fingerprint density at radius 1 is 1.17 bits per heavy atom. The highest BCUT2D eigenvalue weighted by Crippen LogP contribution is 2.36. The molecule has 7 heteroatoms. The average molecular weight is 341 g/mol. The van der Waals surface area contributed by atoms with Gasteiger partial charge in [0.05, 0.1) is 4.90 Å². The second-order valence-electron chi connectivity index (χ2n) is 5.69. The maximum absolute atomic E-state index is 11.6. The third kappa shape index (κ3) is 2.39. The van der Waals surface area contributed by atoms with Crippen LogP contribution in [0.15, 0.2) is 53.6 Å². The maximum atomic E-state index is 11.6. The topological polar surface area (TPSA) is 108 Å². The molecule has 122 valence electrons. The summed E-state index contributed by atoms with van der Waals surface area (Å²) in [5.74, 6) is 0. The minimum Gasteiger partial charge on any atom is -0.369 e. The van der Waals surface area contributed by atoms with Gasteiger partial charge in [-0.25, -0.2) is 13.6 Å². The zero-order chi connectivity index (χ0) is 16.9. The van der Waals surface area contributed by atoms with E-state index in [1.54, 1.807) is 12.3 Å². The molecule has 3 aromatic rings. The zero-order valence-electron chi connectivity index (χ0n) is 12.5. The lowest BCUT2D eigenvalue weighted by molar-refractivity contribution is 0.266. The van der Waals surface area contributed by atoms with Crippen molar-refractivity contribution in [1.29, 1.82) is 0 Å². The molecule has 6 nitrogen and oxygen atoms in total. The van der Waals surface area contributed by atoms with Crippen molar-refractivity contribution >= 4 is 38.3 Å². The van der Waals surface area contributed by atoms with Crippen LogP contribution < -0.4 is 10.5 Å². The highest BCUT2D eigenvalue weighted by molar-refractivity contribution is 7.89. The molecule has 1 aliphatic heterocycles. The van der Waals surface area contributed by atoms with E-state index in [2.05, 4.69) is 10.3 Å². The smallest absolute Gasteiger partial charge is 0.238 e. The summed E-state index contributed by atoms with van der Waals surface area (Å²) in [4.78, 5) is 3.15. The van der Waals surface area contributed by atoms with Gasteiger partial charge in [0.2, 0.25) is 10.0 Å². The van der Waals surface area contributed by atoms with Crippen LogP contribution in [0.4, 0.5) is 5.69 Å². The molecule has 0 fully saturated rings. The van der Waals surface area contributed by atoms with E-state index in [9.17, 15) is 13.5 Å². The summed E-state index contributed by atoms with van der Waals surface area (Å²) in [6.45, 7) is 0. The lowest BCUT2D eigenvalue weighted by atomic mass is 10.0. The van der Waals surface area contributed by atoms with Gasteiger partial charge in [-0.1, -0.05) is 18.2 Å². The first kappa shape index (κ1) is 14.9. The monoisotopic (exact) mass is 341 g/mol. The molecular weight excluding hydrogens is 326 g/mol. The van der Waals surface area contributed by atoms with Crippen LogP contribution in [0.2, 0.25) is 0 Å². The molecule has 4 rings (SSSR count). The number of sulfonamides is 1. The third-order valence-corrected chi connectivity index (χ3v) is 5.06. The molecular formula is C17H15N3O3S. The number of hydrogen-bond donors (Lipinski definition) is 4. The first-order chi connectivity index (χ1) is 11.4. The van der Waals surface area contributed by atoms with Gasteiger partial charge < -0.3 is 15.4 Å². The number of benzene rings is 2. The fourth-order valence-corrected chi connectivity index (χ4v) is 3.51. The Bertz CT molecular complexity index is 1080. The van der Waals surface area contributed by atoms with Crippen LogP contribution in [0.5, 0.6) is 0 Å². The Kier molecular flexibility index (Phi) is 3.24. The van der Waals surface area contributed by atoms with Crippen molar-refractivity contribution in [3.63, 3.8) is 0 Å². The van der Waals surface area contributed by atoms with E-state index < -0.39 is 16.3 Å². The van der Waals surface area contributed by atoms with E-state index in [0.29, 0.717) is 0 Å². The van der Waals surface area contributed by atoms with Gasteiger partial charge in [0.15, 0.2) is 6.23 Å². The quantitative estimate of drug-likeness (QED) is 0.572. The van der Waals surface area contributed by atoms with Gasteiger partial charge in [0.1, 0.15) is 0 Å².